The lowest BCUT2D eigenvalue weighted by molar-refractivity contribution is -0.113. The van der Waals surface area contributed by atoms with Crippen LogP contribution in [0.2, 0.25) is 0 Å². The van der Waals surface area contributed by atoms with Gasteiger partial charge in [0.2, 0.25) is 5.91 Å². The van der Waals surface area contributed by atoms with Gasteiger partial charge in [-0.2, -0.15) is 0 Å². The van der Waals surface area contributed by atoms with Crippen LogP contribution in [-0.2, 0) is 4.79 Å². The normalized spacial score (nSPS) is 10.8. The van der Waals surface area contributed by atoms with Gasteiger partial charge in [0.1, 0.15) is 5.75 Å². The highest BCUT2D eigenvalue weighted by molar-refractivity contribution is 7.99. The minimum atomic E-state index is -0.185. The summed E-state index contributed by atoms with van der Waals surface area (Å²) in [4.78, 5) is 30.7. The number of hydrogen-bond donors (Lipinski definition) is 1. The molecule has 0 saturated heterocycles. The van der Waals surface area contributed by atoms with Crippen molar-refractivity contribution in [1.82, 2.24) is 9.55 Å². The van der Waals surface area contributed by atoms with Crippen LogP contribution < -0.4 is 15.6 Å². The number of anilines is 1. The van der Waals surface area contributed by atoms with Crippen LogP contribution >= 0.6 is 11.8 Å². The predicted molar refractivity (Wildman–Crippen MR) is 129 cm³/mol. The number of amides is 1. The maximum Gasteiger partial charge on any atom is 0.266 e. The van der Waals surface area contributed by atoms with E-state index in [4.69, 9.17) is 9.72 Å². The van der Waals surface area contributed by atoms with E-state index in [1.54, 1.807) is 42.0 Å². The molecule has 0 spiro atoms. The van der Waals surface area contributed by atoms with Crippen molar-refractivity contribution in [2.45, 2.75) is 19.0 Å². The van der Waals surface area contributed by atoms with Gasteiger partial charge in [-0.05, 0) is 61.9 Å². The highest BCUT2D eigenvalue weighted by Gasteiger charge is 2.16. The number of benzene rings is 3. The summed E-state index contributed by atoms with van der Waals surface area (Å²) >= 11 is 1.23. The summed E-state index contributed by atoms with van der Waals surface area (Å²) in [6, 6.07) is 20.3. The van der Waals surface area contributed by atoms with Crippen LogP contribution in [0.15, 0.2) is 76.7 Å². The molecule has 1 amide bonds. The van der Waals surface area contributed by atoms with Crippen molar-refractivity contribution < 1.29 is 9.53 Å². The largest absolute Gasteiger partial charge is 0.497 e. The summed E-state index contributed by atoms with van der Waals surface area (Å²) in [5.74, 6) is 0.645. The highest BCUT2D eigenvalue weighted by Crippen LogP contribution is 2.24. The van der Waals surface area contributed by atoms with Crippen molar-refractivity contribution in [3.05, 3.63) is 88.2 Å². The van der Waals surface area contributed by atoms with Crippen molar-refractivity contribution in [2.75, 3.05) is 18.2 Å². The Labute approximate surface area is 190 Å². The predicted octanol–water partition coefficient (Wildman–Crippen LogP) is 4.74. The van der Waals surface area contributed by atoms with E-state index >= 15 is 0 Å². The number of carbonyl (C=O) groups excluding carboxylic acids is 1. The number of para-hydroxylation sites is 1. The number of rotatable bonds is 6. The molecule has 0 fully saturated rings. The lowest BCUT2D eigenvalue weighted by Crippen LogP contribution is -2.23. The summed E-state index contributed by atoms with van der Waals surface area (Å²) in [7, 11) is 1.59. The molecule has 1 N–H and O–H groups in total. The van der Waals surface area contributed by atoms with E-state index in [1.165, 1.54) is 11.8 Å². The lowest BCUT2D eigenvalue weighted by Gasteiger charge is -2.15. The van der Waals surface area contributed by atoms with E-state index in [0.29, 0.717) is 21.7 Å². The zero-order valence-corrected chi connectivity index (χ0v) is 18.9. The Morgan fingerprint density at radius 3 is 2.53 bits per heavy atom. The Hall–Kier alpha value is -3.58. The first-order valence-corrected chi connectivity index (χ1v) is 11.1. The number of nitrogens with one attached hydrogen (secondary N) is 1. The van der Waals surface area contributed by atoms with E-state index < -0.39 is 0 Å². The minimum Gasteiger partial charge on any atom is -0.497 e. The summed E-state index contributed by atoms with van der Waals surface area (Å²) in [6.07, 6.45) is 0. The number of hydrogen-bond acceptors (Lipinski definition) is 5. The van der Waals surface area contributed by atoms with E-state index in [0.717, 1.165) is 22.6 Å². The third-order valence-corrected chi connectivity index (χ3v) is 5.98. The van der Waals surface area contributed by atoms with Crippen LogP contribution in [0.1, 0.15) is 11.1 Å². The smallest absolute Gasteiger partial charge is 0.266 e. The van der Waals surface area contributed by atoms with Gasteiger partial charge >= 0.3 is 0 Å². The highest BCUT2D eigenvalue weighted by atomic mass is 32.2. The molecule has 0 aliphatic rings. The maximum atomic E-state index is 13.4. The molecule has 0 saturated carbocycles. The average molecular weight is 446 g/mol. The Bertz CT molecular complexity index is 1350. The molecular weight excluding hydrogens is 422 g/mol. The number of methoxy groups -OCH3 is 1. The van der Waals surface area contributed by atoms with Crippen LogP contribution in [0.5, 0.6) is 5.75 Å². The van der Waals surface area contributed by atoms with Crippen molar-refractivity contribution in [3.63, 3.8) is 0 Å². The van der Waals surface area contributed by atoms with Gasteiger partial charge in [0.25, 0.3) is 5.56 Å². The molecule has 6 nitrogen and oxygen atoms in total. The molecule has 0 aliphatic carbocycles. The van der Waals surface area contributed by atoms with Gasteiger partial charge < -0.3 is 10.1 Å². The fourth-order valence-corrected chi connectivity index (χ4v) is 4.29. The zero-order valence-electron chi connectivity index (χ0n) is 18.1. The average Bonchev–Trinajstić information content (AvgIpc) is 2.79. The van der Waals surface area contributed by atoms with E-state index in [1.807, 2.05) is 50.2 Å². The third kappa shape index (κ3) is 4.53. The summed E-state index contributed by atoms with van der Waals surface area (Å²) in [5.41, 5.74) is 3.97. The second kappa shape index (κ2) is 9.28. The van der Waals surface area contributed by atoms with Gasteiger partial charge in [-0.25, -0.2) is 4.98 Å². The van der Waals surface area contributed by atoms with Crippen LogP contribution in [0.3, 0.4) is 0 Å². The van der Waals surface area contributed by atoms with Gasteiger partial charge in [0.05, 0.1) is 29.5 Å². The van der Waals surface area contributed by atoms with Crippen molar-refractivity contribution in [2.24, 2.45) is 0 Å². The molecule has 0 atom stereocenters. The van der Waals surface area contributed by atoms with Crippen molar-refractivity contribution in [3.8, 4) is 11.4 Å². The Morgan fingerprint density at radius 2 is 1.81 bits per heavy atom. The van der Waals surface area contributed by atoms with Crippen LogP contribution in [0.4, 0.5) is 5.69 Å². The zero-order chi connectivity index (χ0) is 22.7. The molecule has 32 heavy (non-hydrogen) atoms. The molecule has 3 aromatic carbocycles. The van der Waals surface area contributed by atoms with Crippen molar-refractivity contribution >= 4 is 34.3 Å². The Balaban J connectivity index is 1.66. The quantitative estimate of drug-likeness (QED) is 0.343. The van der Waals surface area contributed by atoms with Gasteiger partial charge in [-0.1, -0.05) is 41.6 Å². The number of fused-ring (bicyclic) bond motifs is 1. The van der Waals surface area contributed by atoms with Gasteiger partial charge in [0, 0.05) is 5.69 Å². The first kappa shape index (κ1) is 21.6. The topological polar surface area (TPSA) is 73.2 Å². The summed E-state index contributed by atoms with van der Waals surface area (Å²) in [5, 5.41) is 3.88. The first-order chi connectivity index (χ1) is 15.5. The van der Waals surface area contributed by atoms with Crippen molar-refractivity contribution in [1.29, 1.82) is 0 Å². The number of thioether (sulfide) groups is 1. The van der Waals surface area contributed by atoms with Gasteiger partial charge in [0.15, 0.2) is 5.16 Å². The lowest BCUT2D eigenvalue weighted by atomic mass is 10.1. The van der Waals surface area contributed by atoms with Crippen LogP contribution in [0.25, 0.3) is 16.6 Å². The molecule has 7 heteroatoms. The van der Waals surface area contributed by atoms with Gasteiger partial charge in [-0.15, -0.1) is 0 Å². The fourth-order valence-electron chi connectivity index (χ4n) is 3.48. The third-order valence-electron chi connectivity index (χ3n) is 5.04. The molecule has 1 heterocycles. The second-order valence-corrected chi connectivity index (χ2v) is 8.35. The number of aryl methyl sites for hydroxylation is 2. The Morgan fingerprint density at radius 1 is 1.06 bits per heavy atom. The fraction of sp³-hybridized carbons (Fsp3) is 0.160. The summed E-state index contributed by atoms with van der Waals surface area (Å²) in [6.45, 7) is 3.98. The summed E-state index contributed by atoms with van der Waals surface area (Å²) < 4.78 is 6.74. The SMILES string of the molecule is COc1ccc(NC(=O)CSc2nc3ccccc3c(=O)n2-c2ccc(C)cc2C)cc1. The van der Waals surface area contributed by atoms with Crippen LogP contribution in [-0.4, -0.2) is 28.3 Å². The van der Waals surface area contributed by atoms with Gasteiger partial charge in [-0.3, -0.25) is 14.2 Å². The standard InChI is InChI=1S/C25H23N3O3S/c1-16-8-13-22(17(2)14-16)28-24(30)20-6-4-5-7-21(20)27-25(28)32-15-23(29)26-18-9-11-19(31-3)12-10-18/h4-14H,15H2,1-3H3,(H,26,29). The molecule has 0 bridgehead atoms. The van der Waals surface area contributed by atoms with Crippen LogP contribution in [0, 0.1) is 13.8 Å². The maximum absolute atomic E-state index is 13.4. The number of carbonyl (C=O) groups is 1. The molecular formula is C25H23N3O3S. The monoisotopic (exact) mass is 445 g/mol. The first-order valence-electron chi connectivity index (χ1n) is 10.1. The number of aromatic nitrogens is 2. The number of ether oxygens (including phenoxy) is 1. The molecule has 0 unspecified atom stereocenters. The molecule has 1 aromatic heterocycles. The molecule has 162 valence electrons. The van der Waals surface area contributed by atoms with E-state index in [2.05, 4.69) is 5.32 Å². The molecule has 0 aliphatic heterocycles. The van der Waals surface area contributed by atoms with E-state index in [9.17, 15) is 9.59 Å². The Kier molecular flexibility index (Phi) is 6.28. The van der Waals surface area contributed by atoms with E-state index in [-0.39, 0.29) is 17.2 Å². The number of nitrogens with zero attached hydrogens (tertiary/aromatic N) is 2. The molecule has 0 radical (unpaired) electrons. The molecule has 4 aromatic rings. The molecule has 4 rings (SSSR count). The minimum absolute atomic E-state index is 0.113. The second-order valence-electron chi connectivity index (χ2n) is 7.41.